The summed E-state index contributed by atoms with van der Waals surface area (Å²) in [5.74, 6) is 1.78. The van der Waals surface area contributed by atoms with Gasteiger partial charge in [0.05, 0.1) is 24.4 Å². The van der Waals surface area contributed by atoms with Crippen molar-refractivity contribution in [2.75, 3.05) is 26.7 Å². The Morgan fingerprint density at radius 3 is 2.62 bits per heavy atom. The second-order valence-electron chi connectivity index (χ2n) is 7.66. The SMILES string of the molecule is CN1CCO[C@@H](CNC(=O)C(C2CC2)C2CC2)[C@@H]1c1ccnn1C. The van der Waals surface area contributed by atoms with Crippen LogP contribution in [0.4, 0.5) is 0 Å². The van der Waals surface area contributed by atoms with E-state index in [1.807, 2.05) is 24.0 Å². The maximum atomic E-state index is 12.7. The number of likely N-dealkylation sites (N-methyl/N-ethyl adjacent to an activating group) is 1. The van der Waals surface area contributed by atoms with E-state index in [0.29, 0.717) is 25.0 Å². The number of carbonyl (C=O) groups excluding carboxylic acids is 1. The van der Waals surface area contributed by atoms with Crippen LogP contribution in [0.2, 0.25) is 0 Å². The number of nitrogens with zero attached hydrogens (tertiary/aromatic N) is 3. The molecule has 2 heterocycles. The Balaban J connectivity index is 1.42. The van der Waals surface area contributed by atoms with E-state index in [4.69, 9.17) is 4.74 Å². The molecule has 0 aromatic carbocycles. The Bertz CT molecular complexity index is 582. The van der Waals surface area contributed by atoms with Crippen molar-refractivity contribution in [3.8, 4) is 0 Å². The largest absolute Gasteiger partial charge is 0.373 e. The van der Waals surface area contributed by atoms with Gasteiger partial charge in [0.25, 0.3) is 0 Å². The van der Waals surface area contributed by atoms with Crippen LogP contribution < -0.4 is 5.32 Å². The van der Waals surface area contributed by atoms with E-state index < -0.39 is 0 Å². The predicted molar refractivity (Wildman–Crippen MR) is 90.3 cm³/mol. The van der Waals surface area contributed by atoms with Gasteiger partial charge in [0.15, 0.2) is 0 Å². The Kier molecular flexibility index (Phi) is 4.35. The molecule has 0 unspecified atom stereocenters. The van der Waals surface area contributed by atoms with Crippen LogP contribution in [0.1, 0.15) is 37.4 Å². The van der Waals surface area contributed by atoms with Gasteiger partial charge in [-0.3, -0.25) is 14.4 Å². The van der Waals surface area contributed by atoms with Crippen molar-refractivity contribution in [3.63, 3.8) is 0 Å². The van der Waals surface area contributed by atoms with E-state index in [2.05, 4.69) is 22.4 Å². The van der Waals surface area contributed by atoms with E-state index in [0.717, 1.165) is 12.2 Å². The molecular formula is C18H28N4O2. The van der Waals surface area contributed by atoms with Crippen LogP contribution in [0.25, 0.3) is 0 Å². The molecule has 1 aromatic rings. The van der Waals surface area contributed by atoms with Crippen molar-refractivity contribution in [1.82, 2.24) is 20.0 Å². The molecule has 1 N–H and O–H groups in total. The van der Waals surface area contributed by atoms with Gasteiger partial charge in [-0.15, -0.1) is 0 Å². The van der Waals surface area contributed by atoms with Gasteiger partial charge in [0, 0.05) is 32.3 Å². The summed E-state index contributed by atoms with van der Waals surface area (Å²) in [5.41, 5.74) is 1.14. The quantitative estimate of drug-likeness (QED) is 0.854. The average Bonchev–Trinajstić information content (AvgIpc) is 3.48. The molecule has 1 aliphatic heterocycles. The maximum Gasteiger partial charge on any atom is 0.223 e. The van der Waals surface area contributed by atoms with Gasteiger partial charge in [-0.25, -0.2) is 0 Å². The minimum absolute atomic E-state index is 0.0258. The molecule has 2 aliphatic carbocycles. The molecule has 3 aliphatic rings. The Morgan fingerprint density at radius 2 is 2.04 bits per heavy atom. The van der Waals surface area contributed by atoms with Gasteiger partial charge >= 0.3 is 0 Å². The summed E-state index contributed by atoms with van der Waals surface area (Å²) >= 11 is 0. The van der Waals surface area contributed by atoms with Crippen molar-refractivity contribution in [3.05, 3.63) is 18.0 Å². The monoisotopic (exact) mass is 332 g/mol. The normalized spacial score (nSPS) is 28.3. The van der Waals surface area contributed by atoms with Crippen molar-refractivity contribution < 1.29 is 9.53 Å². The number of ether oxygens (including phenoxy) is 1. The molecule has 24 heavy (non-hydrogen) atoms. The molecule has 1 saturated heterocycles. The van der Waals surface area contributed by atoms with Crippen molar-refractivity contribution in [1.29, 1.82) is 0 Å². The Morgan fingerprint density at radius 1 is 1.33 bits per heavy atom. The second kappa shape index (κ2) is 6.48. The van der Waals surface area contributed by atoms with Gasteiger partial charge in [0.2, 0.25) is 5.91 Å². The highest BCUT2D eigenvalue weighted by Crippen LogP contribution is 2.49. The summed E-state index contributed by atoms with van der Waals surface area (Å²) in [6.45, 7) is 2.18. The molecule has 0 bridgehead atoms. The number of rotatable bonds is 6. The van der Waals surface area contributed by atoms with Crippen LogP contribution in [0, 0.1) is 17.8 Å². The van der Waals surface area contributed by atoms with Crippen LogP contribution in [0.15, 0.2) is 12.3 Å². The van der Waals surface area contributed by atoms with E-state index in [-0.39, 0.29) is 24.0 Å². The van der Waals surface area contributed by atoms with Gasteiger partial charge < -0.3 is 10.1 Å². The zero-order valence-corrected chi connectivity index (χ0v) is 14.6. The number of hydrogen-bond acceptors (Lipinski definition) is 4. The fourth-order valence-electron chi connectivity index (χ4n) is 4.17. The molecule has 6 heteroatoms. The molecule has 0 radical (unpaired) electrons. The van der Waals surface area contributed by atoms with Crippen LogP contribution in [-0.2, 0) is 16.6 Å². The first-order valence-corrected chi connectivity index (χ1v) is 9.22. The van der Waals surface area contributed by atoms with Crippen LogP contribution in [-0.4, -0.2) is 53.4 Å². The van der Waals surface area contributed by atoms with E-state index in [1.54, 1.807) is 0 Å². The fourth-order valence-corrected chi connectivity index (χ4v) is 4.17. The standard InChI is InChI=1S/C18H28N4O2/c1-21-9-10-24-15(17(21)14-7-8-20-22(14)2)11-19-18(23)16(12-3-4-12)13-5-6-13/h7-8,12-13,15-17H,3-6,9-11H2,1-2H3,(H,19,23)/t15-,17-/m0/s1. The van der Waals surface area contributed by atoms with Gasteiger partial charge in [-0.1, -0.05) is 0 Å². The topological polar surface area (TPSA) is 59.4 Å². The average molecular weight is 332 g/mol. The summed E-state index contributed by atoms with van der Waals surface area (Å²) in [4.78, 5) is 15.0. The number of nitrogens with one attached hydrogen (secondary N) is 1. The lowest BCUT2D eigenvalue weighted by molar-refractivity contribution is -0.128. The van der Waals surface area contributed by atoms with Crippen molar-refractivity contribution in [2.45, 2.75) is 37.8 Å². The predicted octanol–water partition coefficient (Wildman–Crippen LogP) is 1.34. The van der Waals surface area contributed by atoms with Gasteiger partial charge in [-0.2, -0.15) is 5.10 Å². The molecule has 3 fully saturated rings. The molecule has 2 atom stereocenters. The minimum Gasteiger partial charge on any atom is -0.373 e. The Labute approximate surface area is 143 Å². The van der Waals surface area contributed by atoms with E-state index in [1.165, 1.54) is 25.7 Å². The highest BCUT2D eigenvalue weighted by Gasteiger charge is 2.45. The first-order chi connectivity index (χ1) is 11.6. The van der Waals surface area contributed by atoms with Crippen LogP contribution in [0.3, 0.4) is 0 Å². The third kappa shape index (κ3) is 3.22. The summed E-state index contributed by atoms with van der Waals surface area (Å²) < 4.78 is 7.93. The first-order valence-electron chi connectivity index (χ1n) is 9.22. The molecule has 0 spiro atoms. The molecule has 132 valence electrons. The van der Waals surface area contributed by atoms with Gasteiger partial charge in [-0.05, 0) is 50.6 Å². The zero-order valence-electron chi connectivity index (χ0n) is 14.6. The van der Waals surface area contributed by atoms with Gasteiger partial charge in [0.1, 0.15) is 0 Å². The Hall–Kier alpha value is -1.40. The lowest BCUT2D eigenvalue weighted by Crippen LogP contribution is -2.49. The summed E-state index contributed by atoms with van der Waals surface area (Å²) in [6.07, 6.45) is 6.72. The number of carbonyl (C=O) groups is 1. The third-order valence-electron chi connectivity index (χ3n) is 5.80. The zero-order chi connectivity index (χ0) is 16.7. The summed E-state index contributed by atoms with van der Waals surface area (Å²) in [7, 11) is 4.08. The maximum absolute atomic E-state index is 12.7. The van der Waals surface area contributed by atoms with Crippen molar-refractivity contribution >= 4 is 5.91 Å². The number of morpholine rings is 1. The van der Waals surface area contributed by atoms with Crippen LogP contribution in [0.5, 0.6) is 0 Å². The molecule has 1 amide bonds. The molecular weight excluding hydrogens is 304 g/mol. The highest BCUT2D eigenvalue weighted by molar-refractivity contribution is 5.80. The van der Waals surface area contributed by atoms with E-state index in [9.17, 15) is 4.79 Å². The third-order valence-corrected chi connectivity index (χ3v) is 5.80. The first kappa shape index (κ1) is 16.1. The molecule has 2 saturated carbocycles. The number of amides is 1. The lowest BCUT2D eigenvalue weighted by atomic mass is 9.96. The smallest absolute Gasteiger partial charge is 0.223 e. The second-order valence-corrected chi connectivity index (χ2v) is 7.66. The highest BCUT2D eigenvalue weighted by atomic mass is 16.5. The lowest BCUT2D eigenvalue weighted by Gasteiger charge is -2.39. The number of hydrogen-bond donors (Lipinski definition) is 1. The summed E-state index contributed by atoms with van der Waals surface area (Å²) in [6, 6.07) is 2.17. The minimum atomic E-state index is -0.0258. The number of aryl methyl sites for hydroxylation is 1. The van der Waals surface area contributed by atoms with Crippen LogP contribution >= 0.6 is 0 Å². The molecule has 1 aromatic heterocycles. The fraction of sp³-hybridized carbons (Fsp3) is 0.778. The number of aromatic nitrogens is 2. The summed E-state index contributed by atoms with van der Waals surface area (Å²) in [5, 5.41) is 7.50. The molecule has 6 nitrogen and oxygen atoms in total. The van der Waals surface area contributed by atoms with E-state index >= 15 is 0 Å². The molecule has 4 rings (SSSR count). The van der Waals surface area contributed by atoms with Crippen molar-refractivity contribution in [2.24, 2.45) is 24.8 Å².